The average Bonchev–Trinajstić information content (AvgIpc) is 2.84. The highest BCUT2D eigenvalue weighted by Crippen LogP contribution is 2.28. The largest absolute Gasteiger partial charge is 0.459 e. The number of furan rings is 1. The van der Waals surface area contributed by atoms with Crippen LogP contribution in [0.1, 0.15) is 37.5 Å². The average molecular weight is 272 g/mol. The summed E-state index contributed by atoms with van der Waals surface area (Å²) >= 11 is 0. The van der Waals surface area contributed by atoms with Crippen molar-refractivity contribution in [2.45, 2.75) is 39.3 Å². The third-order valence-electron chi connectivity index (χ3n) is 4.15. The van der Waals surface area contributed by atoms with Crippen molar-refractivity contribution in [3.63, 3.8) is 0 Å². The topological polar surface area (TPSA) is 28.4 Å². The van der Waals surface area contributed by atoms with Gasteiger partial charge in [-0.15, -0.1) is 0 Å². The molecule has 1 aliphatic rings. The Morgan fingerprint density at radius 2 is 1.95 bits per heavy atom. The van der Waals surface area contributed by atoms with Crippen LogP contribution in [-0.2, 0) is 13.1 Å². The Labute approximate surface area is 120 Å². The Balaban J connectivity index is 1.88. The van der Waals surface area contributed by atoms with Gasteiger partial charge in [-0.2, -0.15) is 0 Å². The Bertz CT molecular complexity index is 555. The van der Waals surface area contributed by atoms with E-state index >= 15 is 0 Å². The number of likely N-dealkylation sites (tertiary alicyclic amines) is 1. The standard InChI is InChI=1S/C17H24N2O/c1-2-18-12-17-15(13-19-10-6-3-7-11-19)14-8-4-5-9-16(14)20-17/h4-5,8-9,18H,2-3,6-7,10-13H2,1H3. The number of rotatable bonds is 5. The first-order valence-electron chi connectivity index (χ1n) is 7.81. The number of hydrogen-bond donors (Lipinski definition) is 1. The van der Waals surface area contributed by atoms with Gasteiger partial charge in [-0.05, 0) is 38.5 Å². The van der Waals surface area contributed by atoms with Crippen LogP contribution in [0.15, 0.2) is 28.7 Å². The summed E-state index contributed by atoms with van der Waals surface area (Å²) in [6.07, 6.45) is 4.05. The van der Waals surface area contributed by atoms with Crippen LogP contribution in [0.3, 0.4) is 0 Å². The second kappa shape index (κ2) is 6.42. The van der Waals surface area contributed by atoms with E-state index in [0.717, 1.165) is 31.0 Å². The van der Waals surface area contributed by atoms with Crippen molar-refractivity contribution in [3.05, 3.63) is 35.6 Å². The van der Waals surface area contributed by atoms with Gasteiger partial charge in [0.15, 0.2) is 0 Å². The molecule has 1 aliphatic heterocycles. The van der Waals surface area contributed by atoms with Gasteiger partial charge in [0.05, 0.1) is 6.54 Å². The molecule has 20 heavy (non-hydrogen) atoms. The molecule has 1 N–H and O–H groups in total. The summed E-state index contributed by atoms with van der Waals surface area (Å²) < 4.78 is 6.05. The van der Waals surface area contributed by atoms with Crippen molar-refractivity contribution >= 4 is 11.0 Å². The minimum atomic E-state index is 0.828. The lowest BCUT2D eigenvalue weighted by molar-refractivity contribution is 0.220. The molecule has 2 aromatic rings. The number of piperidine rings is 1. The lowest BCUT2D eigenvalue weighted by Crippen LogP contribution is -2.29. The number of benzene rings is 1. The van der Waals surface area contributed by atoms with Crippen LogP contribution in [0.5, 0.6) is 0 Å². The number of fused-ring (bicyclic) bond motifs is 1. The van der Waals surface area contributed by atoms with Gasteiger partial charge in [-0.3, -0.25) is 4.90 Å². The molecule has 3 rings (SSSR count). The van der Waals surface area contributed by atoms with Crippen LogP contribution >= 0.6 is 0 Å². The lowest BCUT2D eigenvalue weighted by Gasteiger charge is -2.26. The normalized spacial score (nSPS) is 16.9. The highest BCUT2D eigenvalue weighted by Gasteiger charge is 2.18. The summed E-state index contributed by atoms with van der Waals surface area (Å²) in [6, 6.07) is 8.42. The van der Waals surface area contributed by atoms with Gasteiger partial charge >= 0.3 is 0 Å². The second-order valence-electron chi connectivity index (χ2n) is 5.62. The Morgan fingerprint density at radius 1 is 1.15 bits per heavy atom. The summed E-state index contributed by atoms with van der Waals surface area (Å²) in [6.45, 7) is 7.40. The van der Waals surface area contributed by atoms with Crippen molar-refractivity contribution in [1.82, 2.24) is 10.2 Å². The van der Waals surface area contributed by atoms with Crippen molar-refractivity contribution in [3.8, 4) is 0 Å². The molecule has 0 unspecified atom stereocenters. The lowest BCUT2D eigenvalue weighted by atomic mass is 10.1. The fraction of sp³-hybridized carbons (Fsp3) is 0.529. The maximum atomic E-state index is 6.05. The smallest absolute Gasteiger partial charge is 0.134 e. The Morgan fingerprint density at radius 3 is 2.75 bits per heavy atom. The van der Waals surface area contributed by atoms with Gasteiger partial charge in [0.1, 0.15) is 11.3 Å². The highest BCUT2D eigenvalue weighted by atomic mass is 16.3. The molecule has 0 radical (unpaired) electrons. The van der Waals surface area contributed by atoms with E-state index in [2.05, 4.69) is 35.3 Å². The zero-order valence-corrected chi connectivity index (χ0v) is 12.3. The van der Waals surface area contributed by atoms with Crippen molar-refractivity contribution in [2.24, 2.45) is 0 Å². The predicted molar refractivity (Wildman–Crippen MR) is 82.7 cm³/mol. The SMILES string of the molecule is CCNCc1oc2ccccc2c1CN1CCCCC1. The zero-order valence-electron chi connectivity index (χ0n) is 12.3. The highest BCUT2D eigenvalue weighted by molar-refractivity contribution is 5.82. The van der Waals surface area contributed by atoms with E-state index in [0.29, 0.717) is 0 Å². The number of nitrogens with one attached hydrogen (secondary N) is 1. The van der Waals surface area contributed by atoms with Crippen LogP contribution in [-0.4, -0.2) is 24.5 Å². The number of para-hydroxylation sites is 1. The minimum Gasteiger partial charge on any atom is -0.459 e. The van der Waals surface area contributed by atoms with Gasteiger partial charge in [-0.1, -0.05) is 31.5 Å². The third-order valence-corrected chi connectivity index (χ3v) is 4.15. The van der Waals surface area contributed by atoms with Crippen LogP contribution in [0.4, 0.5) is 0 Å². The van der Waals surface area contributed by atoms with Gasteiger partial charge in [0.25, 0.3) is 0 Å². The van der Waals surface area contributed by atoms with E-state index in [9.17, 15) is 0 Å². The molecular weight excluding hydrogens is 248 g/mol. The number of nitrogens with zero attached hydrogens (tertiary/aromatic N) is 1. The Hall–Kier alpha value is -1.32. The molecule has 0 atom stereocenters. The fourth-order valence-electron chi connectivity index (χ4n) is 3.05. The summed E-state index contributed by atoms with van der Waals surface area (Å²) in [7, 11) is 0. The molecule has 1 aromatic heterocycles. The van der Waals surface area contributed by atoms with Crippen molar-refractivity contribution in [2.75, 3.05) is 19.6 Å². The zero-order chi connectivity index (χ0) is 13.8. The first-order chi connectivity index (χ1) is 9.88. The molecule has 0 bridgehead atoms. The van der Waals surface area contributed by atoms with Gasteiger partial charge < -0.3 is 9.73 Å². The minimum absolute atomic E-state index is 0.828. The van der Waals surface area contributed by atoms with Gasteiger partial charge in [0, 0.05) is 17.5 Å². The molecule has 0 amide bonds. The summed E-state index contributed by atoms with van der Waals surface area (Å²) in [5.41, 5.74) is 2.40. The van der Waals surface area contributed by atoms with E-state index in [1.165, 1.54) is 43.3 Å². The monoisotopic (exact) mass is 272 g/mol. The van der Waals surface area contributed by atoms with Crippen molar-refractivity contribution < 1.29 is 4.42 Å². The molecule has 0 spiro atoms. The molecule has 1 saturated heterocycles. The quantitative estimate of drug-likeness (QED) is 0.902. The van der Waals surface area contributed by atoms with Crippen LogP contribution in [0, 0.1) is 0 Å². The summed E-state index contributed by atoms with van der Waals surface area (Å²) in [5, 5.41) is 4.67. The van der Waals surface area contributed by atoms with E-state index < -0.39 is 0 Å². The van der Waals surface area contributed by atoms with E-state index in [1.807, 2.05) is 6.07 Å². The van der Waals surface area contributed by atoms with E-state index in [4.69, 9.17) is 4.42 Å². The van der Waals surface area contributed by atoms with Crippen LogP contribution < -0.4 is 5.32 Å². The van der Waals surface area contributed by atoms with E-state index in [-0.39, 0.29) is 0 Å². The molecule has 0 saturated carbocycles. The number of hydrogen-bond acceptors (Lipinski definition) is 3. The Kier molecular flexibility index (Phi) is 4.38. The van der Waals surface area contributed by atoms with E-state index in [1.54, 1.807) is 0 Å². The second-order valence-corrected chi connectivity index (χ2v) is 5.62. The molecule has 1 aromatic carbocycles. The molecule has 3 nitrogen and oxygen atoms in total. The first-order valence-corrected chi connectivity index (χ1v) is 7.81. The van der Waals surface area contributed by atoms with Crippen LogP contribution in [0.2, 0.25) is 0 Å². The maximum absolute atomic E-state index is 6.05. The molecule has 1 fully saturated rings. The summed E-state index contributed by atoms with van der Waals surface area (Å²) in [5.74, 6) is 1.11. The first kappa shape index (κ1) is 13.7. The molecular formula is C17H24N2O. The fourth-order valence-corrected chi connectivity index (χ4v) is 3.05. The van der Waals surface area contributed by atoms with Crippen LogP contribution in [0.25, 0.3) is 11.0 Å². The molecule has 108 valence electrons. The van der Waals surface area contributed by atoms with Crippen molar-refractivity contribution in [1.29, 1.82) is 0 Å². The van der Waals surface area contributed by atoms with Gasteiger partial charge in [0.2, 0.25) is 0 Å². The molecule has 3 heteroatoms. The molecule has 0 aliphatic carbocycles. The third kappa shape index (κ3) is 2.89. The predicted octanol–water partition coefficient (Wildman–Crippen LogP) is 3.53. The molecule has 2 heterocycles. The summed E-state index contributed by atoms with van der Waals surface area (Å²) in [4.78, 5) is 2.57. The maximum Gasteiger partial charge on any atom is 0.134 e. The van der Waals surface area contributed by atoms with Gasteiger partial charge in [-0.25, -0.2) is 0 Å².